The number of hydrogen-bond acceptors (Lipinski definition) is 4. The molecule has 4 aromatic carbocycles. The first-order valence-corrected chi connectivity index (χ1v) is 11.9. The molecule has 0 atom stereocenters. The van der Waals surface area contributed by atoms with Gasteiger partial charge in [0.15, 0.2) is 0 Å². The van der Waals surface area contributed by atoms with Gasteiger partial charge >= 0.3 is 5.97 Å². The largest absolute Gasteiger partial charge is 0.422 e. The fourth-order valence-electron chi connectivity index (χ4n) is 4.13. The van der Waals surface area contributed by atoms with Gasteiger partial charge in [-0.3, -0.25) is 4.79 Å². The zero-order valence-electron chi connectivity index (χ0n) is 20.5. The number of aryl methyl sites for hydroxylation is 2. The van der Waals surface area contributed by atoms with Crippen LogP contribution in [0.2, 0.25) is 0 Å². The van der Waals surface area contributed by atoms with E-state index in [0.717, 1.165) is 33.2 Å². The molecule has 37 heavy (non-hydrogen) atoms. The lowest BCUT2D eigenvalue weighted by atomic mass is 10.0. The minimum absolute atomic E-state index is 0.345. The number of esters is 1. The maximum absolute atomic E-state index is 13.2. The van der Waals surface area contributed by atoms with E-state index in [-0.39, 0.29) is 5.91 Å². The Hall–Kier alpha value is -4.97. The molecule has 0 spiro atoms. The van der Waals surface area contributed by atoms with Crippen LogP contribution in [0.3, 0.4) is 0 Å². The maximum Gasteiger partial charge on any atom is 0.343 e. The van der Waals surface area contributed by atoms with Gasteiger partial charge in [-0.05, 0) is 55.8 Å². The Morgan fingerprint density at radius 1 is 0.838 bits per heavy atom. The highest BCUT2D eigenvalue weighted by atomic mass is 16.5. The number of hydrogen-bond donors (Lipinski definition) is 2. The number of benzene rings is 4. The predicted octanol–water partition coefficient (Wildman–Crippen LogP) is 6.43. The monoisotopic (exact) mass is 487 g/mol. The van der Waals surface area contributed by atoms with E-state index >= 15 is 0 Å². The van der Waals surface area contributed by atoms with Crippen molar-refractivity contribution in [3.8, 4) is 16.9 Å². The quantitative estimate of drug-likeness (QED) is 0.125. The van der Waals surface area contributed by atoms with Crippen LogP contribution in [-0.2, 0) is 0 Å². The van der Waals surface area contributed by atoms with Crippen LogP contribution in [0.4, 0.5) is 0 Å². The van der Waals surface area contributed by atoms with E-state index in [9.17, 15) is 9.59 Å². The molecule has 182 valence electrons. The van der Waals surface area contributed by atoms with Crippen molar-refractivity contribution in [3.05, 3.63) is 125 Å². The van der Waals surface area contributed by atoms with Gasteiger partial charge in [-0.1, -0.05) is 71.8 Å². The molecule has 5 rings (SSSR count). The third-order valence-electron chi connectivity index (χ3n) is 6.02. The van der Waals surface area contributed by atoms with Gasteiger partial charge < -0.3 is 9.72 Å². The molecule has 0 saturated heterocycles. The second-order valence-corrected chi connectivity index (χ2v) is 8.78. The summed E-state index contributed by atoms with van der Waals surface area (Å²) < 4.78 is 5.59. The number of rotatable bonds is 6. The Morgan fingerprint density at radius 3 is 2.32 bits per heavy atom. The first-order valence-electron chi connectivity index (χ1n) is 11.9. The van der Waals surface area contributed by atoms with Crippen LogP contribution in [0.1, 0.15) is 37.5 Å². The number of H-pyrrole nitrogens is 1. The topological polar surface area (TPSA) is 83.5 Å². The number of nitrogens with zero attached hydrogens (tertiary/aromatic N) is 1. The molecule has 1 aromatic heterocycles. The summed E-state index contributed by atoms with van der Waals surface area (Å²) in [6.07, 6.45) is 1.46. The second kappa shape index (κ2) is 10.3. The van der Waals surface area contributed by atoms with Crippen LogP contribution in [0, 0.1) is 13.8 Å². The normalized spacial score (nSPS) is 11.1. The third kappa shape index (κ3) is 5.18. The first-order chi connectivity index (χ1) is 18.0. The van der Waals surface area contributed by atoms with Crippen LogP contribution < -0.4 is 10.2 Å². The van der Waals surface area contributed by atoms with E-state index in [0.29, 0.717) is 22.6 Å². The van der Waals surface area contributed by atoms with Gasteiger partial charge in [0.1, 0.15) is 11.4 Å². The van der Waals surface area contributed by atoms with Crippen LogP contribution in [0.15, 0.2) is 102 Å². The summed E-state index contributed by atoms with van der Waals surface area (Å²) >= 11 is 0. The predicted molar refractivity (Wildman–Crippen MR) is 146 cm³/mol. The number of carbonyl (C=O) groups excluding carboxylic acids is 2. The molecule has 0 aliphatic carbocycles. The molecule has 5 aromatic rings. The Labute approximate surface area is 214 Å². The van der Waals surface area contributed by atoms with Crippen molar-refractivity contribution in [2.45, 2.75) is 13.8 Å². The molecule has 0 saturated carbocycles. The molecule has 6 heteroatoms. The van der Waals surface area contributed by atoms with Crippen LogP contribution in [0.5, 0.6) is 5.75 Å². The summed E-state index contributed by atoms with van der Waals surface area (Å²) in [7, 11) is 0. The molecule has 1 heterocycles. The van der Waals surface area contributed by atoms with Gasteiger partial charge in [0.05, 0.1) is 11.8 Å². The van der Waals surface area contributed by atoms with Gasteiger partial charge in [-0.2, -0.15) is 5.10 Å². The standard InChI is InChI=1S/C31H25N3O3/c1-20-12-15-23(16-13-20)31(36)37-27-11-7-6-10-24(27)19-32-34-30(35)29-28(22-8-4-3-5-9-22)25-18-21(2)14-17-26(25)33-29/h3-19,33H,1-2H3,(H,34,35). The molecule has 0 radical (unpaired) electrons. The number of amides is 1. The van der Waals surface area contributed by atoms with Gasteiger partial charge in [0, 0.05) is 22.0 Å². The number of aromatic nitrogens is 1. The molecule has 0 fully saturated rings. The second-order valence-electron chi connectivity index (χ2n) is 8.78. The Bertz CT molecular complexity index is 1620. The van der Waals surface area contributed by atoms with E-state index in [2.05, 4.69) is 21.6 Å². The number of ether oxygens (including phenoxy) is 1. The van der Waals surface area contributed by atoms with E-state index < -0.39 is 5.97 Å². The Kier molecular flexibility index (Phi) is 6.64. The lowest BCUT2D eigenvalue weighted by Gasteiger charge is -2.08. The number of nitrogens with one attached hydrogen (secondary N) is 2. The van der Waals surface area contributed by atoms with Gasteiger partial charge in [-0.25, -0.2) is 10.2 Å². The lowest BCUT2D eigenvalue weighted by molar-refractivity contribution is 0.0734. The molecule has 2 N–H and O–H groups in total. The SMILES string of the molecule is Cc1ccc(C(=O)Oc2ccccc2C=NNC(=O)c2[nH]c3ccc(C)cc3c2-c2ccccc2)cc1. The summed E-state index contributed by atoms with van der Waals surface area (Å²) in [5.41, 5.74) is 8.81. The summed E-state index contributed by atoms with van der Waals surface area (Å²) in [5, 5.41) is 5.12. The van der Waals surface area contributed by atoms with Gasteiger partial charge in [0.2, 0.25) is 0 Å². The lowest BCUT2D eigenvalue weighted by Crippen LogP contribution is -2.19. The number of carbonyl (C=O) groups is 2. The van der Waals surface area contributed by atoms with Crippen molar-refractivity contribution < 1.29 is 14.3 Å². The van der Waals surface area contributed by atoms with Gasteiger partial charge in [-0.15, -0.1) is 0 Å². The van der Waals surface area contributed by atoms with Gasteiger partial charge in [0.25, 0.3) is 5.91 Å². The van der Waals surface area contributed by atoms with E-state index in [1.165, 1.54) is 6.21 Å². The Morgan fingerprint density at radius 2 is 1.54 bits per heavy atom. The van der Waals surface area contributed by atoms with Crippen molar-refractivity contribution in [2.75, 3.05) is 0 Å². The molecule has 6 nitrogen and oxygen atoms in total. The molecular formula is C31H25N3O3. The number of para-hydroxylation sites is 1. The molecule has 0 unspecified atom stereocenters. The highest BCUT2D eigenvalue weighted by Crippen LogP contribution is 2.33. The van der Waals surface area contributed by atoms with Crippen LogP contribution in [0.25, 0.3) is 22.0 Å². The molecule has 0 aliphatic rings. The van der Waals surface area contributed by atoms with E-state index in [1.807, 2.05) is 68.4 Å². The highest BCUT2D eigenvalue weighted by Gasteiger charge is 2.19. The third-order valence-corrected chi connectivity index (χ3v) is 6.02. The summed E-state index contributed by atoms with van der Waals surface area (Å²) in [6, 6.07) is 30.0. The van der Waals surface area contributed by atoms with E-state index in [4.69, 9.17) is 4.74 Å². The minimum atomic E-state index is -0.467. The fourth-order valence-corrected chi connectivity index (χ4v) is 4.13. The van der Waals surface area contributed by atoms with Crippen molar-refractivity contribution in [1.82, 2.24) is 10.4 Å². The van der Waals surface area contributed by atoms with Crippen molar-refractivity contribution in [3.63, 3.8) is 0 Å². The van der Waals surface area contributed by atoms with Crippen molar-refractivity contribution in [1.29, 1.82) is 0 Å². The van der Waals surface area contributed by atoms with Crippen LogP contribution in [-0.4, -0.2) is 23.1 Å². The first kappa shape index (κ1) is 23.8. The summed E-state index contributed by atoms with van der Waals surface area (Å²) in [5.74, 6) is -0.499. The fraction of sp³-hybridized carbons (Fsp3) is 0.0645. The minimum Gasteiger partial charge on any atom is -0.422 e. The zero-order chi connectivity index (χ0) is 25.8. The zero-order valence-corrected chi connectivity index (χ0v) is 20.5. The molecule has 1 amide bonds. The van der Waals surface area contributed by atoms with Crippen molar-refractivity contribution in [2.24, 2.45) is 5.10 Å². The van der Waals surface area contributed by atoms with E-state index in [1.54, 1.807) is 36.4 Å². The smallest absolute Gasteiger partial charge is 0.343 e. The van der Waals surface area contributed by atoms with Crippen LogP contribution >= 0.6 is 0 Å². The summed E-state index contributed by atoms with van der Waals surface area (Å²) in [6.45, 7) is 3.98. The summed E-state index contributed by atoms with van der Waals surface area (Å²) in [4.78, 5) is 29.0. The number of hydrazone groups is 1. The molecule has 0 bridgehead atoms. The average molecular weight is 488 g/mol. The number of fused-ring (bicyclic) bond motifs is 1. The number of aromatic amines is 1. The average Bonchev–Trinajstić information content (AvgIpc) is 3.29. The van der Waals surface area contributed by atoms with Crippen molar-refractivity contribution >= 4 is 29.0 Å². The Balaban J connectivity index is 1.38. The molecular weight excluding hydrogens is 462 g/mol. The molecule has 0 aliphatic heterocycles. The maximum atomic E-state index is 13.2. The highest BCUT2D eigenvalue weighted by molar-refractivity contribution is 6.10.